The van der Waals surface area contributed by atoms with Gasteiger partial charge in [-0.2, -0.15) is 0 Å². The largest absolute Gasteiger partial charge is 0.384 e. The van der Waals surface area contributed by atoms with Crippen molar-refractivity contribution in [3.63, 3.8) is 0 Å². The quantitative estimate of drug-likeness (QED) is 0.674. The molecule has 1 heterocycles. The minimum absolute atomic E-state index is 0.129. The Labute approximate surface area is 71.6 Å². The molecule has 1 aliphatic rings. The second-order valence-electron chi connectivity index (χ2n) is 3.22. The first-order valence-corrected chi connectivity index (χ1v) is 4.34. The molecule has 1 N–H and O–H groups in total. The zero-order valence-corrected chi connectivity index (χ0v) is 7.10. The number of anilines is 1. The highest BCUT2D eigenvalue weighted by Crippen LogP contribution is 2.33. The first kappa shape index (κ1) is 7.59. The van der Waals surface area contributed by atoms with Crippen LogP contribution in [0.2, 0.25) is 0 Å². The van der Waals surface area contributed by atoms with Gasteiger partial charge in [0.15, 0.2) is 0 Å². The van der Waals surface area contributed by atoms with E-state index in [4.69, 9.17) is 0 Å². The number of halogens is 1. The molecule has 0 spiro atoms. The van der Waals surface area contributed by atoms with Crippen LogP contribution in [0.15, 0.2) is 18.2 Å². The molecule has 1 nitrogen and oxygen atoms in total. The van der Waals surface area contributed by atoms with Crippen LogP contribution in [0.5, 0.6) is 0 Å². The summed E-state index contributed by atoms with van der Waals surface area (Å²) in [5.41, 5.74) is 2.24. The highest BCUT2D eigenvalue weighted by Gasteiger charge is 2.20. The SMILES string of the molecule is CC[C@H]1CNc2ccc(F)cc21. The van der Waals surface area contributed by atoms with Gasteiger partial charge in [0.05, 0.1) is 0 Å². The van der Waals surface area contributed by atoms with Crippen LogP contribution in [-0.4, -0.2) is 6.54 Å². The average Bonchev–Trinajstić information content (AvgIpc) is 2.46. The minimum atomic E-state index is -0.129. The summed E-state index contributed by atoms with van der Waals surface area (Å²) in [5.74, 6) is 0.367. The summed E-state index contributed by atoms with van der Waals surface area (Å²) < 4.78 is 12.8. The second kappa shape index (κ2) is 2.77. The molecule has 12 heavy (non-hydrogen) atoms. The zero-order valence-electron chi connectivity index (χ0n) is 7.10. The van der Waals surface area contributed by atoms with E-state index >= 15 is 0 Å². The van der Waals surface area contributed by atoms with E-state index < -0.39 is 0 Å². The van der Waals surface area contributed by atoms with Crippen LogP contribution in [-0.2, 0) is 0 Å². The molecular formula is C10H12FN. The zero-order chi connectivity index (χ0) is 8.55. The molecule has 2 heteroatoms. The van der Waals surface area contributed by atoms with Crippen molar-refractivity contribution in [3.8, 4) is 0 Å². The van der Waals surface area contributed by atoms with Crippen molar-refractivity contribution < 1.29 is 4.39 Å². The van der Waals surface area contributed by atoms with Crippen LogP contribution in [0.3, 0.4) is 0 Å². The molecule has 0 saturated heterocycles. The van der Waals surface area contributed by atoms with Crippen molar-refractivity contribution in [1.82, 2.24) is 0 Å². The van der Waals surface area contributed by atoms with E-state index in [1.54, 1.807) is 6.07 Å². The molecule has 0 aromatic heterocycles. The topological polar surface area (TPSA) is 12.0 Å². The minimum Gasteiger partial charge on any atom is -0.384 e. The van der Waals surface area contributed by atoms with Crippen LogP contribution in [0.1, 0.15) is 24.8 Å². The van der Waals surface area contributed by atoms with E-state index in [1.165, 1.54) is 6.07 Å². The van der Waals surface area contributed by atoms with E-state index in [0.29, 0.717) is 5.92 Å². The van der Waals surface area contributed by atoms with Crippen LogP contribution in [0.4, 0.5) is 10.1 Å². The molecule has 64 valence electrons. The van der Waals surface area contributed by atoms with Crippen LogP contribution >= 0.6 is 0 Å². The molecule has 0 bridgehead atoms. The Hall–Kier alpha value is -1.05. The maximum atomic E-state index is 12.8. The first-order valence-electron chi connectivity index (χ1n) is 4.34. The average molecular weight is 165 g/mol. The molecule has 0 radical (unpaired) electrons. The fourth-order valence-corrected chi connectivity index (χ4v) is 1.74. The number of benzene rings is 1. The van der Waals surface area contributed by atoms with Gasteiger partial charge in [-0.25, -0.2) is 4.39 Å². The van der Waals surface area contributed by atoms with Crippen molar-refractivity contribution in [3.05, 3.63) is 29.6 Å². The van der Waals surface area contributed by atoms with Crippen molar-refractivity contribution in [1.29, 1.82) is 0 Å². The monoisotopic (exact) mass is 165 g/mol. The second-order valence-corrected chi connectivity index (χ2v) is 3.22. The summed E-state index contributed by atoms with van der Waals surface area (Å²) in [6, 6.07) is 4.97. The highest BCUT2D eigenvalue weighted by molar-refractivity contribution is 5.57. The summed E-state index contributed by atoms with van der Waals surface area (Å²) in [6.45, 7) is 3.08. The number of nitrogens with one attached hydrogen (secondary N) is 1. The number of hydrogen-bond donors (Lipinski definition) is 1. The standard InChI is InChI=1S/C10H12FN/c1-2-7-6-12-10-4-3-8(11)5-9(7)10/h3-5,7,12H,2,6H2,1H3/t7-/m0/s1. The molecule has 0 aliphatic carbocycles. The van der Waals surface area contributed by atoms with Gasteiger partial charge in [0.2, 0.25) is 0 Å². The van der Waals surface area contributed by atoms with Gasteiger partial charge >= 0.3 is 0 Å². The molecule has 1 aromatic carbocycles. The van der Waals surface area contributed by atoms with E-state index in [0.717, 1.165) is 24.2 Å². The Morgan fingerprint density at radius 1 is 1.58 bits per heavy atom. The summed E-state index contributed by atoms with van der Waals surface area (Å²) in [6.07, 6.45) is 1.07. The third kappa shape index (κ3) is 1.07. The molecule has 1 atom stereocenters. The maximum Gasteiger partial charge on any atom is 0.123 e. The Bertz CT molecular complexity index is 296. The molecule has 1 aromatic rings. The van der Waals surface area contributed by atoms with Gasteiger partial charge in [-0.1, -0.05) is 6.92 Å². The lowest BCUT2D eigenvalue weighted by atomic mass is 9.99. The predicted molar refractivity (Wildman–Crippen MR) is 47.9 cm³/mol. The van der Waals surface area contributed by atoms with Crippen molar-refractivity contribution in [2.24, 2.45) is 0 Å². The lowest BCUT2D eigenvalue weighted by Crippen LogP contribution is -1.99. The van der Waals surface area contributed by atoms with Crippen molar-refractivity contribution in [2.45, 2.75) is 19.3 Å². The number of hydrogen-bond acceptors (Lipinski definition) is 1. The normalized spacial score (nSPS) is 20.3. The first-order chi connectivity index (χ1) is 5.81. The van der Waals surface area contributed by atoms with Gasteiger partial charge in [-0.3, -0.25) is 0 Å². The number of fused-ring (bicyclic) bond motifs is 1. The Balaban J connectivity index is 2.42. The Morgan fingerprint density at radius 2 is 2.42 bits per heavy atom. The summed E-state index contributed by atoms with van der Waals surface area (Å²) in [4.78, 5) is 0. The van der Waals surface area contributed by atoms with Crippen LogP contribution in [0, 0.1) is 5.82 Å². The van der Waals surface area contributed by atoms with Crippen LogP contribution in [0.25, 0.3) is 0 Å². The molecular weight excluding hydrogens is 153 g/mol. The molecule has 0 saturated carbocycles. The lowest BCUT2D eigenvalue weighted by Gasteiger charge is -2.04. The molecule has 0 unspecified atom stereocenters. The van der Waals surface area contributed by atoms with Gasteiger partial charge in [-0.15, -0.1) is 0 Å². The summed E-state index contributed by atoms with van der Waals surface area (Å²) in [5, 5.41) is 3.26. The molecule has 0 fully saturated rings. The Kier molecular flexibility index (Phi) is 1.75. The molecule has 2 rings (SSSR count). The van der Waals surface area contributed by atoms with Gasteiger partial charge in [0.1, 0.15) is 5.82 Å². The van der Waals surface area contributed by atoms with Crippen molar-refractivity contribution >= 4 is 5.69 Å². The third-order valence-electron chi connectivity index (χ3n) is 2.49. The van der Waals surface area contributed by atoms with E-state index in [-0.39, 0.29) is 5.82 Å². The molecule has 1 aliphatic heterocycles. The maximum absolute atomic E-state index is 12.8. The third-order valence-corrected chi connectivity index (χ3v) is 2.49. The Morgan fingerprint density at radius 3 is 3.17 bits per heavy atom. The molecule has 0 amide bonds. The highest BCUT2D eigenvalue weighted by atomic mass is 19.1. The van der Waals surface area contributed by atoms with Gasteiger partial charge in [0.25, 0.3) is 0 Å². The fourth-order valence-electron chi connectivity index (χ4n) is 1.74. The van der Waals surface area contributed by atoms with Gasteiger partial charge in [0, 0.05) is 18.2 Å². The lowest BCUT2D eigenvalue weighted by molar-refractivity contribution is 0.622. The number of rotatable bonds is 1. The predicted octanol–water partition coefficient (Wildman–Crippen LogP) is 2.74. The summed E-state index contributed by atoms with van der Waals surface area (Å²) in [7, 11) is 0. The van der Waals surface area contributed by atoms with Crippen LogP contribution < -0.4 is 5.32 Å². The van der Waals surface area contributed by atoms with Gasteiger partial charge < -0.3 is 5.32 Å². The van der Waals surface area contributed by atoms with Gasteiger partial charge in [-0.05, 0) is 30.2 Å². The fraction of sp³-hybridized carbons (Fsp3) is 0.400. The smallest absolute Gasteiger partial charge is 0.123 e. The van der Waals surface area contributed by atoms with Crippen molar-refractivity contribution in [2.75, 3.05) is 11.9 Å². The van der Waals surface area contributed by atoms with E-state index in [1.807, 2.05) is 6.07 Å². The van der Waals surface area contributed by atoms with E-state index in [2.05, 4.69) is 12.2 Å². The summed E-state index contributed by atoms with van der Waals surface area (Å²) >= 11 is 0. The van der Waals surface area contributed by atoms with E-state index in [9.17, 15) is 4.39 Å².